The van der Waals surface area contributed by atoms with E-state index in [0.717, 1.165) is 19.3 Å². The van der Waals surface area contributed by atoms with Crippen molar-refractivity contribution in [2.75, 3.05) is 23.7 Å². The number of rotatable bonds is 4. The fourth-order valence-electron chi connectivity index (χ4n) is 3.05. The van der Waals surface area contributed by atoms with Gasteiger partial charge in [-0.3, -0.25) is 0 Å². The number of nitrogens with one attached hydrogen (secondary N) is 2. The highest BCUT2D eigenvalue weighted by atomic mass is 32.2. The Bertz CT molecular complexity index is 942. The van der Waals surface area contributed by atoms with Gasteiger partial charge in [-0.15, -0.1) is 0 Å². The van der Waals surface area contributed by atoms with E-state index in [0.29, 0.717) is 24.3 Å². The van der Waals surface area contributed by atoms with Gasteiger partial charge < -0.3 is 10.6 Å². The second-order valence-corrected chi connectivity index (χ2v) is 8.82. The third-order valence-electron chi connectivity index (χ3n) is 4.50. The predicted octanol–water partition coefficient (Wildman–Crippen LogP) is 4.12. The van der Waals surface area contributed by atoms with E-state index >= 15 is 0 Å². The Morgan fingerprint density at radius 1 is 1.07 bits per heavy atom. The highest BCUT2D eigenvalue weighted by Crippen LogP contribution is 2.26. The van der Waals surface area contributed by atoms with Crippen LogP contribution in [0.4, 0.5) is 15.8 Å². The third-order valence-corrected chi connectivity index (χ3v) is 6.75. The Morgan fingerprint density at radius 3 is 2.48 bits per heavy atom. The molecule has 1 saturated heterocycles. The normalized spacial score (nSPS) is 15.3. The number of hydrogen-bond acceptors (Lipinski definition) is 3. The van der Waals surface area contributed by atoms with Gasteiger partial charge in [0.15, 0.2) is 5.11 Å². The van der Waals surface area contributed by atoms with Crippen LogP contribution in [-0.4, -0.2) is 30.9 Å². The smallest absolute Gasteiger partial charge is 0.243 e. The lowest BCUT2D eigenvalue weighted by Crippen LogP contribution is -2.36. The predicted molar refractivity (Wildman–Crippen MR) is 110 cm³/mol. The molecule has 0 aromatic heterocycles. The molecule has 5 nitrogen and oxygen atoms in total. The minimum Gasteiger partial charge on any atom is -0.332 e. The molecule has 1 fully saturated rings. The molecular weight excluding hydrogens is 385 g/mol. The van der Waals surface area contributed by atoms with Crippen LogP contribution < -0.4 is 10.6 Å². The Hall–Kier alpha value is -2.03. The molecule has 144 valence electrons. The van der Waals surface area contributed by atoms with Crippen molar-refractivity contribution in [3.8, 4) is 0 Å². The molecule has 27 heavy (non-hydrogen) atoms. The summed E-state index contributed by atoms with van der Waals surface area (Å²) < 4.78 is 41.2. The van der Waals surface area contributed by atoms with Crippen molar-refractivity contribution in [1.82, 2.24) is 4.31 Å². The summed E-state index contributed by atoms with van der Waals surface area (Å²) in [5.41, 5.74) is 1.47. The van der Waals surface area contributed by atoms with Crippen LogP contribution in [0.5, 0.6) is 0 Å². The number of benzene rings is 2. The molecular formula is C19H22FN3O2S2. The van der Waals surface area contributed by atoms with E-state index in [1.54, 1.807) is 47.6 Å². The Labute approximate surface area is 164 Å². The fraction of sp³-hybridized carbons (Fsp3) is 0.316. The molecule has 0 aliphatic carbocycles. The average molecular weight is 408 g/mol. The number of thiocarbonyl (C=S) groups is 1. The van der Waals surface area contributed by atoms with Crippen molar-refractivity contribution in [1.29, 1.82) is 0 Å². The van der Waals surface area contributed by atoms with Crippen LogP contribution in [0.2, 0.25) is 0 Å². The Balaban J connectivity index is 1.79. The van der Waals surface area contributed by atoms with Crippen molar-refractivity contribution >= 4 is 38.7 Å². The number of nitrogens with zero attached hydrogens (tertiary/aromatic N) is 1. The van der Waals surface area contributed by atoms with E-state index in [9.17, 15) is 12.8 Å². The van der Waals surface area contributed by atoms with E-state index in [2.05, 4.69) is 10.6 Å². The topological polar surface area (TPSA) is 61.4 Å². The second kappa shape index (κ2) is 8.33. The molecule has 1 aliphatic heterocycles. The quantitative estimate of drug-likeness (QED) is 0.747. The lowest BCUT2D eigenvalue weighted by atomic mass is 10.2. The highest BCUT2D eigenvalue weighted by Gasteiger charge is 2.27. The standard InChI is InChI=1S/C19H22FN3O2S2/c1-14-9-10-15(21-19(26)22-17-8-4-3-7-16(17)20)13-18(14)27(24,25)23-11-5-2-6-12-23/h3-4,7-10,13H,2,5-6,11-12H2,1H3,(H2,21,22,26). The van der Waals surface area contributed by atoms with Gasteiger partial charge in [0.05, 0.1) is 10.6 Å². The maximum Gasteiger partial charge on any atom is 0.243 e. The molecule has 1 heterocycles. The summed E-state index contributed by atoms with van der Waals surface area (Å²) in [6.07, 6.45) is 2.82. The zero-order valence-electron chi connectivity index (χ0n) is 15.0. The van der Waals surface area contributed by atoms with Crippen LogP contribution in [0.15, 0.2) is 47.4 Å². The molecule has 0 radical (unpaired) electrons. The Morgan fingerprint density at radius 2 is 1.78 bits per heavy atom. The van der Waals surface area contributed by atoms with Gasteiger partial charge in [0.1, 0.15) is 5.82 Å². The maximum atomic E-state index is 13.7. The minimum atomic E-state index is -3.55. The first-order valence-corrected chi connectivity index (χ1v) is 10.7. The van der Waals surface area contributed by atoms with Crippen LogP contribution in [0.1, 0.15) is 24.8 Å². The highest BCUT2D eigenvalue weighted by molar-refractivity contribution is 7.89. The van der Waals surface area contributed by atoms with E-state index in [-0.39, 0.29) is 15.7 Å². The van der Waals surface area contributed by atoms with Crippen LogP contribution in [0.25, 0.3) is 0 Å². The van der Waals surface area contributed by atoms with Crippen molar-refractivity contribution in [2.24, 2.45) is 0 Å². The molecule has 0 spiro atoms. The first-order chi connectivity index (χ1) is 12.9. The largest absolute Gasteiger partial charge is 0.332 e. The molecule has 1 aliphatic rings. The summed E-state index contributed by atoms with van der Waals surface area (Å²) in [4.78, 5) is 0.267. The molecule has 8 heteroatoms. The van der Waals surface area contributed by atoms with Gasteiger partial charge in [-0.05, 0) is 61.8 Å². The van der Waals surface area contributed by atoms with Crippen molar-refractivity contribution in [3.63, 3.8) is 0 Å². The summed E-state index contributed by atoms with van der Waals surface area (Å²) in [6, 6.07) is 11.3. The van der Waals surface area contributed by atoms with Crippen LogP contribution >= 0.6 is 12.2 Å². The van der Waals surface area contributed by atoms with E-state index in [1.165, 1.54) is 6.07 Å². The van der Waals surface area contributed by atoms with Crippen molar-refractivity contribution in [3.05, 3.63) is 53.8 Å². The number of aryl methyl sites for hydroxylation is 1. The van der Waals surface area contributed by atoms with Gasteiger partial charge in [-0.25, -0.2) is 12.8 Å². The van der Waals surface area contributed by atoms with Gasteiger partial charge in [-0.1, -0.05) is 24.6 Å². The monoisotopic (exact) mass is 407 g/mol. The number of anilines is 2. The van der Waals surface area contributed by atoms with Crippen molar-refractivity contribution in [2.45, 2.75) is 31.1 Å². The molecule has 0 saturated carbocycles. The second-order valence-electron chi connectivity index (χ2n) is 6.50. The zero-order chi connectivity index (χ0) is 19.4. The number of halogens is 1. The van der Waals surface area contributed by atoms with Crippen LogP contribution in [0.3, 0.4) is 0 Å². The first kappa shape index (κ1) is 19.7. The summed E-state index contributed by atoms with van der Waals surface area (Å²) >= 11 is 5.22. The lowest BCUT2D eigenvalue weighted by molar-refractivity contribution is 0.346. The molecule has 0 bridgehead atoms. The van der Waals surface area contributed by atoms with Gasteiger partial charge in [0.25, 0.3) is 0 Å². The maximum absolute atomic E-state index is 13.7. The molecule has 2 N–H and O–H groups in total. The van der Waals surface area contributed by atoms with Crippen LogP contribution in [0, 0.1) is 12.7 Å². The van der Waals surface area contributed by atoms with Crippen molar-refractivity contribution < 1.29 is 12.8 Å². The summed E-state index contributed by atoms with van der Waals surface area (Å²) in [6.45, 7) is 2.87. The van der Waals surface area contributed by atoms with E-state index in [4.69, 9.17) is 12.2 Å². The van der Waals surface area contributed by atoms with Crippen LogP contribution in [-0.2, 0) is 10.0 Å². The average Bonchev–Trinajstić information content (AvgIpc) is 2.66. The van der Waals surface area contributed by atoms with Gasteiger partial charge in [-0.2, -0.15) is 4.31 Å². The fourth-order valence-corrected chi connectivity index (χ4v) is 5.04. The number of hydrogen-bond donors (Lipinski definition) is 2. The SMILES string of the molecule is Cc1ccc(NC(=S)Nc2ccccc2F)cc1S(=O)(=O)N1CCCCC1. The minimum absolute atomic E-state index is 0.185. The number of para-hydroxylation sites is 1. The summed E-state index contributed by atoms with van der Waals surface area (Å²) in [5, 5.41) is 5.90. The molecule has 2 aromatic rings. The molecule has 0 atom stereocenters. The molecule has 3 rings (SSSR count). The molecule has 2 aromatic carbocycles. The molecule has 0 amide bonds. The van der Waals surface area contributed by atoms with E-state index in [1.807, 2.05) is 0 Å². The lowest BCUT2D eigenvalue weighted by Gasteiger charge is -2.26. The van der Waals surface area contributed by atoms with E-state index < -0.39 is 15.8 Å². The van der Waals surface area contributed by atoms with Gasteiger partial charge in [0, 0.05) is 18.8 Å². The Kier molecular flexibility index (Phi) is 6.08. The number of sulfonamides is 1. The summed E-state index contributed by atoms with van der Waals surface area (Å²) in [7, 11) is -3.55. The zero-order valence-corrected chi connectivity index (χ0v) is 16.7. The van der Waals surface area contributed by atoms with Gasteiger partial charge in [0.2, 0.25) is 10.0 Å². The molecule has 0 unspecified atom stereocenters. The first-order valence-electron chi connectivity index (χ1n) is 8.81. The third kappa shape index (κ3) is 4.63. The van der Waals surface area contributed by atoms with Gasteiger partial charge >= 0.3 is 0 Å². The summed E-state index contributed by atoms with van der Waals surface area (Å²) in [5.74, 6) is -0.418. The number of piperidine rings is 1.